The van der Waals surface area contributed by atoms with Gasteiger partial charge in [0, 0.05) is 6.42 Å². The van der Waals surface area contributed by atoms with E-state index in [9.17, 15) is 9.18 Å². The average Bonchev–Trinajstić information content (AvgIpc) is 2.59. The molecular formula is C19H28ClFN2O3. The second-order valence-electron chi connectivity index (χ2n) is 6.96. The Labute approximate surface area is 159 Å². The fourth-order valence-corrected chi connectivity index (χ4v) is 2.19. The molecule has 1 atom stereocenters. The van der Waals surface area contributed by atoms with E-state index in [4.69, 9.17) is 26.9 Å². The number of allylic oxidation sites excluding steroid dienone is 1. The number of amides is 1. The van der Waals surface area contributed by atoms with E-state index in [0.29, 0.717) is 17.9 Å². The Morgan fingerprint density at radius 2 is 1.88 bits per heavy atom. The van der Waals surface area contributed by atoms with E-state index in [1.165, 1.54) is 6.92 Å². The first-order valence-electron chi connectivity index (χ1n) is 8.52. The number of alkyl halides is 1. The molecule has 7 heteroatoms. The van der Waals surface area contributed by atoms with Crippen molar-refractivity contribution < 1.29 is 18.7 Å². The highest BCUT2D eigenvalue weighted by Gasteiger charge is 2.27. The molecule has 0 spiro atoms. The van der Waals surface area contributed by atoms with E-state index in [1.807, 2.05) is 39.8 Å². The van der Waals surface area contributed by atoms with Crippen LogP contribution >= 0.6 is 11.6 Å². The van der Waals surface area contributed by atoms with Gasteiger partial charge >= 0.3 is 0 Å². The fraction of sp³-hybridized carbons (Fsp3) is 0.526. The molecule has 1 aromatic rings. The predicted octanol–water partition coefficient (Wildman–Crippen LogP) is 4.30. The minimum absolute atomic E-state index is 0.0135. The Morgan fingerprint density at radius 3 is 2.35 bits per heavy atom. The molecule has 1 aromatic carbocycles. The normalized spacial score (nSPS) is 13.7. The van der Waals surface area contributed by atoms with Gasteiger partial charge in [-0.15, -0.1) is 0 Å². The fourth-order valence-electron chi connectivity index (χ4n) is 1.91. The smallest absolute Gasteiger partial charge is 0.283 e. The zero-order chi connectivity index (χ0) is 19.9. The maximum absolute atomic E-state index is 12.8. The number of nitrogens with zero attached hydrogens (tertiary/aromatic N) is 1. The Bertz CT molecular complexity index is 625. The van der Waals surface area contributed by atoms with Crippen molar-refractivity contribution in [2.75, 3.05) is 6.61 Å². The lowest BCUT2D eigenvalue weighted by Crippen LogP contribution is -2.50. The van der Waals surface area contributed by atoms with Crippen LogP contribution in [0.2, 0.25) is 0 Å². The zero-order valence-corrected chi connectivity index (χ0v) is 16.8. The maximum atomic E-state index is 12.8. The molecule has 0 bridgehead atoms. The number of hydrogen-bond acceptors (Lipinski definition) is 4. The first-order valence-corrected chi connectivity index (χ1v) is 8.90. The molecule has 26 heavy (non-hydrogen) atoms. The SMILES string of the molecule is CC/C(OCc1ccc(OC[C@@H](C)F)cc1)=C(/Cl)C(=O)N(N)C(C)(C)C. The molecule has 1 amide bonds. The lowest BCUT2D eigenvalue weighted by atomic mass is 10.1. The number of carbonyl (C=O) groups excluding carboxylic acids is 1. The third kappa shape index (κ3) is 6.84. The van der Waals surface area contributed by atoms with Gasteiger partial charge in [-0.2, -0.15) is 0 Å². The molecule has 2 N–H and O–H groups in total. The number of ether oxygens (including phenoxy) is 2. The highest BCUT2D eigenvalue weighted by Crippen LogP contribution is 2.22. The van der Waals surface area contributed by atoms with Gasteiger partial charge < -0.3 is 9.47 Å². The maximum Gasteiger partial charge on any atom is 0.283 e. The summed E-state index contributed by atoms with van der Waals surface area (Å²) < 4.78 is 23.8. The summed E-state index contributed by atoms with van der Waals surface area (Å²) in [6.45, 7) is 8.98. The molecule has 0 fully saturated rings. The second kappa shape index (κ2) is 9.78. The standard InChI is InChI=1S/C19H28ClFN2O3/c1-6-16(17(20)18(24)23(22)19(3,4)5)26-12-14-7-9-15(10-8-14)25-11-13(2)21/h7-10,13H,6,11-12,22H2,1-5H3/b17-16-/t13-/m1/s1. The first kappa shape index (κ1) is 22.3. The molecular weight excluding hydrogens is 359 g/mol. The molecule has 1 rings (SSSR count). The Balaban J connectivity index is 2.74. The van der Waals surface area contributed by atoms with Crippen molar-refractivity contribution in [3.05, 3.63) is 40.6 Å². The van der Waals surface area contributed by atoms with Crippen molar-refractivity contribution in [1.82, 2.24) is 5.01 Å². The molecule has 0 unspecified atom stereocenters. The number of benzene rings is 1. The molecule has 0 saturated carbocycles. The van der Waals surface area contributed by atoms with Crippen molar-refractivity contribution in [3.63, 3.8) is 0 Å². The van der Waals surface area contributed by atoms with Crippen LogP contribution in [0.5, 0.6) is 5.75 Å². The lowest BCUT2D eigenvalue weighted by Gasteiger charge is -2.31. The van der Waals surface area contributed by atoms with Gasteiger partial charge in [-0.3, -0.25) is 9.80 Å². The predicted molar refractivity (Wildman–Crippen MR) is 101 cm³/mol. The van der Waals surface area contributed by atoms with Gasteiger partial charge in [-0.1, -0.05) is 30.7 Å². The second-order valence-corrected chi connectivity index (χ2v) is 7.34. The molecule has 146 valence electrons. The molecule has 0 aliphatic heterocycles. The number of rotatable bonds is 8. The average molecular weight is 387 g/mol. The van der Waals surface area contributed by atoms with Crippen LogP contribution < -0.4 is 10.6 Å². The molecule has 0 aliphatic rings. The number of halogens is 2. The summed E-state index contributed by atoms with van der Waals surface area (Å²) in [7, 11) is 0. The van der Waals surface area contributed by atoms with Crippen molar-refractivity contribution in [1.29, 1.82) is 0 Å². The van der Waals surface area contributed by atoms with Crippen molar-refractivity contribution in [2.45, 2.75) is 59.4 Å². The minimum Gasteiger partial charge on any atom is -0.491 e. The zero-order valence-electron chi connectivity index (χ0n) is 16.0. The van der Waals surface area contributed by atoms with Crippen LogP contribution in [0.25, 0.3) is 0 Å². The monoisotopic (exact) mass is 386 g/mol. The number of hydrogen-bond donors (Lipinski definition) is 1. The van der Waals surface area contributed by atoms with E-state index in [-0.39, 0.29) is 18.2 Å². The minimum atomic E-state index is -1.02. The first-order chi connectivity index (χ1) is 12.1. The van der Waals surface area contributed by atoms with Crippen LogP contribution in [0.3, 0.4) is 0 Å². The highest BCUT2D eigenvalue weighted by molar-refractivity contribution is 6.42. The van der Waals surface area contributed by atoms with Gasteiger partial charge in [0.25, 0.3) is 5.91 Å². The van der Waals surface area contributed by atoms with Crippen LogP contribution in [0.15, 0.2) is 35.1 Å². The summed E-state index contributed by atoms with van der Waals surface area (Å²) in [5, 5.41) is 1.06. The highest BCUT2D eigenvalue weighted by atomic mass is 35.5. The van der Waals surface area contributed by atoms with E-state index >= 15 is 0 Å². The van der Waals surface area contributed by atoms with E-state index in [0.717, 1.165) is 10.6 Å². The largest absolute Gasteiger partial charge is 0.491 e. The van der Waals surface area contributed by atoms with Gasteiger partial charge in [0.05, 0.1) is 5.54 Å². The van der Waals surface area contributed by atoms with Gasteiger partial charge in [0.2, 0.25) is 0 Å². The van der Waals surface area contributed by atoms with Gasteiger partial charge in [0.15, 0.2) is 0 Å². The van der Waals surface area contributed by atoms with Crippen LogP contribution in [0.1, 0.15) is 46.6 Å². The van der Waals surface area contributed by atoms with Crippen molar-refractivity contribution >= 4 is 17.5 Å². The Hall–Kier alpha value is -1.79. The van der Waals surface area contributed by atoms with Crippen LogP contribution in [0.4, 0.5) is 4.39 Å². The summed E-state index contributed by atoms with van der Waals surface area (Å²) in [5.74, 6) is 6.31. The molecule has 5 nitrogen and oxygen atoms in total. The van der Waals surface area contributed by atoms with E-state index in [2.05, 4.69) is 0 Å². The molecule has 0 heterocycles. The summed E-state index contributed by atoms with van der Waals surface area (Å²) >= 11 is 6.19. The quantitative estimate of drug-likeness (QED) is 0.238. The van der Waals surface area contributed by atoms with Crippen molar-refractivity contribution in [2.24, 2.45) is 5.84 Å². The number of hydrazine groups is 1. The van der Waals surface area contributed by atoms with E-state index in [1.54, 1.807) is 12.1 Å². The number of carbonyl (C=O) groups is 1. The van der Waals surface area contributed by atoms with E-state index < -0.39 is 17.6 Å². The Morgan fingerprint density at radius 1 is 1.31 bits per heavy atom. The topological polar surface area (TPSA) is 64.8 Å². The lowest BCUT2D eigenvalue weighted by molar-refractivity contribution is -0.131. The molecule has 0 saturated heterocycles. The molecule has 0 radical (unpaired) electrons. The molecule has 0 aliphatic carbocycles. The molecule has 0 aromatic heterocycles. The van der Waals surface area contributed by atoms with Crippen molar-refractivity contribution in [3.8, 4) is 5.75 Å². The summed E-state index contributed by atoms with van der Waals surface area (Å²) in [6, 6.07) is 7.10. The van der Waals surface area contributed by atoms with Gasteiger partial charge in [0.1, 0.15) is 35.9 Å². The van der Waals surface area contributed by atoms with Crippen LogP contribution in [0, 0.1) is 0 Å². The Kier molecular flexibility index (Phi) is 8.37. The number of nitrogens with two attached hydrogens (primary N) is 1. The summed E-state index contributed by atoms with van der Waals surface area (Å²) in [4.78, 5) is 12.4. The van der Waals surface area contributed by atoms with Gasteiger partial charge in [-0.25, -0.2) is 10.2 Å². The summed E-state index contributed by atoms with van der Waals surface area (Å²) in [5.41, 5.74) is 0.317. The van der Waals surface area contributed by atoms with Gasteiger partial charge in [-0.05, 0) is 45.4 Å². The third-order valence-electron chi connectivity index (χ3n) is 3.51. The summed E-state index contributed by atoms with van der Waals surface area (Å²) in [6.07, 6.45) is -0.567. The third-order valence-corrected chi connectivity index (χ3v) is 3.88. The van der Waals surface area contributed by atoms with Crippen LogP contribution in [-0.4, -0.2) is 29.2 Å². The van der Waals surface area contributed by atoms with Crippen LogP contribution in [-0.2, 0) is 16.1 Å².